The number of aryl methyl sites for hydroxylation is 3. The van der Waals surface area contributed by atoms with Crippen LogP contribution < -0.4 is 9.62 Å². The summed E-state index contributed by atoms with van der Waals surface area (Å²) in [5, 5.41) is 0.515. The van der Waals surface area contributed by atoms with E-state index in [1.807, 2.05) is 32.0 Å². The molecule has 0 fully saturated rings. The predicted octanol–water partition coefficient (Wildman–Crippen LogP) is 3.60. The molecule has 26 heavy (non-hydrogen) atoms. The molecule has 0 unspecified atom stereocenters. The van der Waals surface area contributed by atoms with Gasteiger partial charge in [0, 0.05) is 30.7 Å². The lowest BCUT2D eigenvalue weighted by Gasteiger charge is -2.22. The minimum atomic E-state index is -3.67. The zero-order chi connectivity index (χ0) is 19.5. The van der Waals surface area contributed by atoms with Crippen molar-refractivity contribution < 1.29 is 13.2 Å². The SMILES string of the molecule is CC(=O)N(CCNS(=O)(=O)c1ccc(Cl)c(C)c1)c1cc(C)cc(C)c1. The average Bonchev–Trinajstić information content (AvgIpc) is 2.52. The Bertz CT molecular complexity index is 906. The maximum Gasteiger partial charge on any atom is 0.240 e. The summed E-state index contributed by atoms with van der Waals surface area (Å²) in [6.07, 6.45) is 0. The Hall–Kier alpha value is -1.89. The largest absolute Gasteiger partial charge is 0.311 e. The number of amides is 1. The number of carbonyl (C=O) groups is 1. The molecule has 2 rings (SSSR count). The van der Waals surface area contributed by atoms with Gasteiger partial charge in [0.15, 0.2) is 0 Å². The van der Waals surface area contributed by atoms with Gasteiger partial charge >= 0.3 is 0 Å². The van der Waals surface area contributed by atoms with E-state index < -0.39 is 10.0 Å². The fourth-order valence-electron chi connectivity index (χ4n) is 2.73. The number of hydrogen-bond donors (Lipinski definition) is 1. The molecule has 0 aliphatic carbocycles. The van der Waals surface area contributed by atoms with Crippen molar-refractivity contribution >= 4 is 33.2 Å². The maximum absolute atomic E-state index is 12.4. The Morgan fingerprint density at radius 1 is 1.08 bits per heavy atom. The number of sulfonamides is 1. The Kier molecular flexibility index (Phi) is 6.44. The molecule has 0 atom stereocenters. The lowest BCUT2D eigenvalue weighted by atomic mass is 10.1. The van der Waals surface area contributed by atoms with Gasteiger partial charge in [-0.1, -0.05) is 17.7 Å². The van der Waals surface area contributed by atoms with Crippen molar-refractivity contribution in [2.45, 2.75) is 32.6 Å². The smallest absolute Gasteiger partial charge is 0.240 e. The first kappa shape index (κ1) is 20.4. The summed E-state index contributed by atoms with van der Waals surface area (Å²) in [4.78, 5) is 13.7. The molecule has 7 heteroatoms. The van der Waals surface area contributed by atoms with Crippen molar-refractivity contribution in [3.8, 4) is 0 Å². The molecular formula is C19H23ClN2O3S. The third kappa shape index (κ3) is 5.06. The molecular weight excluding hydrogens is 372 g/mol. The first-order valence-corrected chi connectivity index (χ1v) is 10.1. The van der Waals surface area contributed by atoms with Gasteiger partial charge in [-0.05, 0) is 67.8 Å². The van der Waals surface area contributed by atoms with Crippen LogP contribution in [-0.2, 0) is 14.8 Å². The number of anilines is 1. The highest BCUT2D eigenvalue weighted by Gasteiger charge is 2.17. The van der Waals surface area contributed by atoms with Crippen LogP contribution in [0.2, 0.25) is 5.02 Å². The molecule has 0 aliphatic heterocycles. The van der Waals surface area contributed by atoms with E-state index in [9.17, 15) is 13.2 Å². The molecule has 1 N–H and O–H groups in total. The lowest BCUT2D eigenvalue weighted by Crippen LogP contribution is -2.37. The molecule has 0 spiro atoms. The zero-order valence-electron chi connectivity index (χ0n) is 15.3. The molecule has 0 bridgehead atoms. The maximum atomic E-state index is 12.4. The highest BCUT2D eigenvalue weighted by molar-refractivity contribution is 7.89. The van der Waals surface area contributed by atoms with Crippen LogP contribution in [0.4, 0.5) is 5.69 Å². The van der Waals surface area contributed by atoms with Gasteiger partial charge in [-0.25, -0.2) is 13.1 Å². The van der Waals surface area contributed by atoms with Crippen molar-refractivity contribution in [1.29, 1.82) is 0 Å². The molecule has 0 aliphatic rings. The van der Waals surface area contributed by atoms with Gasteiger partial charge in [-0.15, -0.1) is 0 Å². The van der Waals surface area contributed by atoms with Crippen LogP contribution in [0.1, 0.15) is 23.6 Å². The summed E-state index contributed by atoms with van der Waals surface area (Å²) in [6, 6.07) is 10.4. The van der Waals surface area contributed by atoms with Crippen molar-refractivity contribution in [3.05, 3.63) is 58.1 Å². The monoisotopic (exact) mass is 394 g/mol. The third-order valence-electron chi connectivity index (χ3n) is 3.97. The van der Waals surface area contributed by atoms with Gasteiger partial charge in [0.2, 0.25) is 15.9 Å². The number of hydrogen-bond acceptors (Lipinski definition) is 3. The fourth-order valence-corrected chi connectivity index (χ4v) is 3.96. The first-order valence-electron chi connectivity index (χ1n) is 8.22. The summed E-state index contributed by atoms with van der Waals surface area (Å²) in [5.74, 6) is -0.142. The van der Waals surface area contributed by atoms with Crippen LogP contribution >= 0.6 is 11.6 Å². The van der Waals surface area contributed by atoms with Gasteiger partial charge in [0.05, 0.1) is 4.90 Å². The molecule has 140 valence electrons. The van der Waals surface area contributed by atoms with Crippen LogP contribution in [0.15, 0.2) is 41.3 Å². The zero-order valence-corrected chi connectivity index (χ0v) is 16.9. The fraction of sp³-hybridized carbons (Fsp3) is 0.316. The van der Waals surface area contributed by atoms with E-state index in [4.69, 9.17) is 11.6 Å². The van der Waals surface area contributed by atoms with Crippen LogP contribution in [0.3, 0.4) is 0 Å². The van der Waals surface area contributed by atoms with Crippen molar-refractivity contribution in [2.24, 2.45) is 0 Å². The standard InChI is InChI=1S/C19H23ClN2O3S/c1-13-9-14(2)11-17(10-13)22(16(4)23)8-7-21-26(24,25)18-5-6-19(20)15(3)12-18/h5-6,9-12,21H,7-8H2,1-4H3. The summed E-state index contributed by atoms with van der Waals surface area (Å²) >= 11 is 5.95. The average molecular weight is 395 g/mol. The van der Waals surface area contributed by atoms with E-state index in [2.05, 4.69) is 4.72 Å². The molecule has 2 aromatic carbocycles. The van der Waals surface area contributed by atoms with E-state index in [-0.39, 0.29) is 23.9 Å². The van der Waals surface area contributed by atoms with E-state index in [0.29, 0.717) is 10.6 Å². The molecule has 0 aromatic heterocycles. The Morgan fingerprint density at radius 3 is 2.23 bits per heavy atom. The Morgan fingerprint density at radius 2 is 1.69 bits per heavy atom. The number of nitrogens with one attached hydrogen (secondary N) is 1. The van der Waals surface area contributed by atoms with Crippen LogP contribution in [0.5, 0.6) is 0 Å². The second kappa shape index (κ2) is 8.20. The Balaban J connectivity index is 2.12. The highest BCUT2D eigenvalue weighted by atomic mass is 35.5. The number of halogens is 1. The minimum Gasteiger partial charge on any atom is -0.311 e. The van der Waals surface area contributed by atoms with E-state index in [1.165, 1.54) is 19.1 Å². The predicted molar refractivity (Wildman–Crippen MR) is 105 cm³/mol. The molecule has 0 heterocycles. The summed E-state index contributed by atoms with van der Waals surface area (Å²) in [7, 11) is -3.67. The van der Waals surface area contributed by atoms with Crippen molar-refractivity contribution in [2.75, 3.05) is 18.0 Å². The Labute approximate surface area is 160 Å². The normalized spacial score (nSPS) is 11.4. The number of rotatable bonds is 6. The van der Waals surface area contributed by atoms with Crippen LogP contribution in [0.25, 0.3) is 0 Å². The van der Waals surface area contributed by atoms with E-state index >= 15 is 0 Å². The van der Waals surface area contributed by atoms with E-state index in [0.717, 1.165) is 16.8 Å². The second-order valence-corrected chi connectivity index (χ2v) is 8.50. The van der Waals surface area contributed by atoms with Gasteiger partial charge in [0.1, 0.15) is 0 Å². The number of benzene rings is 2. The molecule has 0 saturated heterocycles. The summed E-state index contributed by atoms with van der Waals surface area (Å²) in [5.41, 5.74) is 3.54. The molecule has 0 saturated carbocycles. The van der Waals surface area contributed by atoms with Crippen molar-refractivity contribution in [3.63, 3.8) is 0 Å². The van der Waals surface area contributed by atoms with Gasteiger partial charge in [-0.3, -0.25) is 4.79 Å². The van der Waals surface area contributed by atoms with Crippen LogP contribution in [-0.4, -0.2) is 27.4 Å². The lowest BCUT2D eigenvalue weighted by molar-refractivity contribution is -0.116. The van der Waals surface area contributed by atoms with Gasteiger partial charge in [-0.2, -0.15) is 0 Å². The molecule has 1 amide bonds. The summed E-state index contributed by atoms with van der Waals surface area (Å²) < 4.78 is 27.4. The van der Waals surface area contributed by atoms with E-state index in [1.54, 1.807) is 17.9 Å². The van der Waals surface area contributed by atoms with Crippen LogP contribution in [0, 0.1) is 20.8 Å². The van der Waals surface area contributed by atoms with Crippen molar-refractivity contribution in [1.82, 2.24) is 4.72 Å². The highest BCUT2D eigenvalue weighted by Crippen LogP contribution is 2.20. The molecule has 5 nitrogen and oxygen atoms in total. The quantitative estimate of drug-likeness (QED) is 0.814. The topological polar surface area (TPSA) is 66.5 Å². The number of nitrogens with zero attached hydrogens (tertiary/aromatic N) is 1. The first-order chi connectivity index (χ1) is 12.1. The summed E-state index contributed by atoms with van der Waals surface area (Å²) in [6.45, 7) is 7.48. The second-order valence-electron chi connectivity index (χ2n) is 6.33. The van der Waals surface area contributed by atoms with Gasteiger partial charge < -0.3 is 4.90 Å². The molecule has 0 radical (unpaired) electrons. The van der Waals surface area contributed by atoms with Gasteiger partial charge in [0.25, 0.3) is 0 Å². The number of carbonyl (C=O) groups excluding carboxylic acids is 1. The minimum absolute atomic E-state index is 0.108. The molecule has 2 aromatic rings. The third-order valence-corrected chi connectivity index (χ3v) is 5.85.